The summed E-state index contributed by atoms with van der Waals surface area (Å²) in [6, 6.07) is 22.7. The monoisotopic (exact) mass is 357 g/mol. The normalized spacial score (nSPS) is 10.7. The van der Waals surface area contributed by atoms with E-state index in [1.165, 1.54) is 0 Å². The van der Waals surface area contributed by atoms with Gasteiger partial charge in [0.25, 0.3) is 5.91 Å². The molecular formula is C22H19N3O2. The Labute approximate surface area is 157 Å². The number of hydrogen-bond donors (Lipinski definition) is 0. The molecule has 0 atom stereocenters. The molecule has 2 heterocycles. The fraction of sp³-hybridized carbons (Fsp3) is 0.0909. The minimum Gasteiger partial charge on any atom is -0.497 e. The Morgan fingerprint density at radius 3 is 2.48 bits per heavy atom. The van der Waals surface area contributed by atoms with Crippen molar-refractivity contribution >= 4 is 17.2 Å². The van der Waals surface area contributed by atoms with Gasteiger partial charge in [0.2, 0.25) is 0 Å². The van der Waals surface area contributed by atoms with E-state index in [1.54, 1.807) is 36.3 Å². The molecule has 2 aromatic heterocycles. The number of nitrogens with zero attached hydrogens (tertiary/aromatic N) is 3. The highest BCUT2D eigenvalue weighted by Crippen LogP contribution is 2.22. The summed E-state index contributed by atoms with van der Waals surface area (Å²) in [5.41, 5.74) is 3.24. The molecule has 0 bridgehead atoms. The Morgan fingerprint density at radius 2 is 1.74 bits per heavy atom. The van der Waals surface area contributed by atoms with Crippen molar-refractivity contribution in [2.45, 2.75) is 6.54 Å². The van der Waals surface area contributed by atoms with Crippen LogP contribution < -0.4 is 9.64 Å². The lowest BCUT2D eigenvalue weighted by molar-refractivity contribution is 0.0984. The summed E-state index contributed by atoms with van der Waals surface area (Å²) >= 11 is 0. The molecule has 0 aliphatic heterocycles. The quantitative estimate of drug-likeness (QED) is 0.538. The predicted octanol–water partition coefficient (Wildman–Crippen LogP) is 4.19. The van der Waals surface area contributed by atoms with E-state index < -0.39 is 0 Å². The maximum Gasteiger partial charge on any atom is 0.258 e. The number of carbonyl (C=O) groups is 1. The third-order valence-electron chi connectivity index (χ3n) is 4.46. The average Bonchev–Trinajstić information content (AvgIpc) is 3.15. The second-order valence-electron chi connectivity index (χ2n) is 6.13. The van der Waals surface area contributed by atoms with E-state index in [9.17, 15) is 4.79 Å². The zero-order valence-electron chi connectivity index (χ0n) is 14.9. The van der Waals surface area contributed by atoms with Crippen molar-refractivity contribution in [2.24, 2.45) is 0 Å². The lowest BCUT2D eigenvalue weighted by atomic mass is 10.1. The van der Waals surface area contributed by atoms with Crippen LogP contribution >= 0.6 is 0 Å². The average molecular weight is 357 g/mol. The van der Waals surface area contributed by atoms with Crippen LogP contribution in [0, 0.1) is 0 Å². The molecule has 0 radical (unpaired) electrons. The first kappa shape index (κ1) is 16.8. The molecular weight excluding hydrogens is 338 g/mol. The van der Waals surface area contributed by atoms with Crippen LogP contribution in [0.25, 0.3) is 5.65 Å². The van der Waals surface area contributed by atoms with Crippen molar-refractivity contribution < 1.29 is 9.53 Å². The van der Waals surface area contributed by atoms with Gasteiger partial charge in [0.1, 0.15) is 11.4 Å². The van der Waals surface area contributed by atoms with Gasteiger partial charge in [0.05, 0.1) is 25.5 Å². The molecule has 0 spiro atoms. The molecule has 0 aliphatic rings. The van der Waals surface area contributed by atoms with Crippen LogP contribution in [-0.2, 0) is 6.54 Å². The lowest BCUT2D eigenvalue weighted by Gasteiger charge is -2.23. The number of rotatable bonds is 5. The second-order valence-corrected chi connectivity index (χ2v) is 6.13. The van der Waals surface area contributed by atoms with Crippen LogP contribution in [0.15, 0.2) is 85.2 Å². The number of benzene rings is 2. The molecule has 1 amide bonds. The smallest absolute Gasteiger partial charge is 0.258 e. The summed E-state index contributed by atoms with van der Waals surface area (Å²) < 4.78 is 7.19. The van der Waals surface area contributed by atoms with E-state index >= 15 is 0 Å². The number of para-hydroxylation sites is 1. The Balaban J connectivity index is 1.71. The molecule has 5 heteroatoms. The number of anilines is 1. The molecule has 4 rings (SSSR count). The SMILES string of the molecule is COc1ccc(C(=O)N(Cc2cnc3ccccn23)c2ccccc2)cc1. The van der Waals surface area contributed by atoms with Crippen LogP contribution in [-0.4, -0.2) is 22.4 Å². The number of fused-ring (bicyclic) bond motifs is 1. The molecule has 0 saturated heterocycles. The number of aromatic nitrogens is 2. The van der Waals surface area contributed by atoms with Crippen molar-refractivity contribution in [3.63, 3.8) is 0 Å². The molecule has 2 aromatic carbocycles. The van der Waals surface area contributed by atoms with Gasteiger partial charge in [-0.25, -0.2) is 4.98 Å². The number of imidazole rings is 1. The van der Waals surface area contributed by atoms with Crippen LogP contribution in [0.5, 0.6) is 5.75 Å². The van der Waals surface area contributed by atoms with E-state index in [2.05, 4.69) is 4.98 Å². The van der Waals surface area contributed by atoms with E-state index in [-0.39, 0.29) is 5.91 Å². The van der Waals surface area contributed by atoms with Gasteiger partial charge in [-0.05, 0) is 48.5 Å². The van der Waals surface area contributed by atoms with Crippen molar-refractivity contribution in [3.8, 4) is 5.75 Å². The summed E-state index contributed by atoms with van der Waals surface area (Å²) in [5.74, 6) is 0.648. The minimum absolute atomic E-state index is 0.0743. The number of ether oxygens (including phenoxy) is 1. The molecule has 0 fully saturated rings. The Kier molecular flexibility index (Phi) is 4.58. The number of pyridine rings is 1. The van der Waals surface area contributed by atoms with Gasteiger partial charge in [0.15, 0.2) is 0 Å². The molecule has 27 heavy (non-hydrogen) atoms. The topological polar surface area (TPSA) is 46.8 Å². The van der Waals surface area contributed by atoms with Gasteiger partial charge in [-0.2, -0.15) is 0 Å². The minimum atomic E-state index is -0.0743. The third-order valence-corrected chi connectivity index (χ3v) is 4.46. The third kappa shape index (κ3) is 3.40. The van der Waals surface area contributed by atoms with Gasteiger partial charge in [-0.1, -0.05) is 24.3 Å². The summed E-state index contributed by atoms with van der Waals surface area (Å²) in [5, 5.41) is 0. The first-order chi connectivity index (χ1) is 13.3. The maximum absolute atomic E-state index is 13.3. The van der Waals surface area contributed by atoms with Gasteiger partial charge < -0.3 is 14.0 Å². The van der Waals surface area contributed by atoms with E-state index in [0.717, 1.165) is 22.8 Å². The second kappa shape index (κ2) is 7.33. The zero-order chi connectivity index (χ0) is 18.6. The van der Waals surface area contributed by atoms with Gasteiger partial charge in [-0.3, -0.25) is 4.79 Å². The van der Waals surface area contributed by atoms with Gasteiger partial charge in [-0.15, -0.1) is 0 Å². The molecule has 0 aliphatic carbocycles. The highest BCUT2D eigenvalue weighted by Gasteiger charge is 2.19. The van der Waals surface area contributed by atoms with Crippen LogP contribution in [0.4, 0.5) is 5.69 Å². The van der Waals surface area contributed by atoms with Crippen molar-refractivity contribution in [3.05, 3.63) is 96.4 Å². The van der Waals surface area contributed by atoms with Crippen LogP contribution in [0.3, 0.4) is 0 Å². The Morgan fingerprint density at radius 1 is 1.00 bits per heavy atom. The first-order valence-corrected chi connectivity index (χ1v) is 8.68. The highest BCUT2D eigenvalue weighted by atomic mass is 16.5. The van der Waals surface area contributed by atoms with E-state index in [4.69, 9.17) is 4.74 Å². The fourth-order valence-corrected chi connectivity index (χ4v) is 3.04. The predicted molar refractivity (Wildman–Crippen MR) is 105 cm³/mol. The molecule has 5 nitrogen and oxygen atoms in total. The largest absolute Gasteiger partial charge is 0.497 e. The molecule has 0 unspecified atom stereocenters. The lowest BCUT2D eigenvalue weighted by Crippen LogP contribution is -2.30. The van der Waals surface area contributed by atoms with Gasteiger partial charge in [0, 0.05) is 17.4 Å². The Hall–Kier alpha value is -3.60. The highest BCUT2D eigenvalue weighted by molar-refractivity contribution is 6.06. The number of methoxy groups -OCH3 is 1. The van der Waals surface area contributed by atoms with Crippen LogP contribution in [0.1, 0.15) is 16.1 Å². The summed E-state index contributed by atoms with van der Waals surface area (Å²) in [6.45, 7) is 0.417. The zero-order valence-corrected chi connectivity index (χ0v) is 14.9. The molecule has 4 aromatic rings. The fourth-order valence-electron chi connectivity index (χ4n) is 3.04. The summed E-state index contributed by atoms with van der Waals surface area (Å²) in [7, 11) is 1.61. The number of hydrogen-bond acceptors (Lipinski definition) is 3. The van der Waals surface area contributed by atoms with Crippen molar-refractivity contribution in [1.29, 1.82) is 0 Å². The van der Waals surface area contributed by atoms with E-state index in [1.807, 2.05) is 65.3 Å². The van der Waals surface area contributed by atoms with Crippen LogP contribution in [0.2, 0.25) is 0 Å². The number of carbonyl (C=O) groups excluding carboxylic acids is 1. The van der Waals surface area contributed by atoms with Crippen molar-refractivity contribution in [1.82, 2.24) is 9.38 Å². The standard InChI is InChI=1S/C22H19N3O2/c1-27-20-12-10-17(11-13-20)22(26)25(18-7-3-2-4-8-18)16-19-15-23-21-9-5-6-14-24(19)21/h2-15H,16H2,1H3. The molecule has 0 saturated carbocycles. The Bertz CT molecular complexity index is 1060. The maximum atomic E-state index is 13.3. The summed E-state index contributed by atoms with van der Waals surface area (Å²) in [6.07, 6.45) is 3.77. The number of amides is 1. The molecule has 0 N–H and O–H groups in total. The first-order valence-electron chi connectivity index (χ1n) is 8.68. The van der Waals surface area contributed by atoms with Gasteiger partial charge >= 0.3 is 0 Å². The van der Waals surface area contributed by atoms with E-state index in [0.29, 0.717) is 12.1 Å². The van der Waals surface area contributed by atoms with Crippen molar-refractivity contribution in [2.75, 3.05) is 12.0 Å². The summed E-state index contributed by atoms with van der Waals surface area (Å²) in [4.78, 5) is 19.5. The molecule has 134 valence electrons.